The molecule has 0 aromatic rings. The minimum absolute atomic E-state index is 0.139. The normalized spacial score (nSPS) is 20.0. The Kier molecular flexibility index (Phi) is 6.96. The van der Waals surface area contributed by atoms with Crippen LogP contribution in [0.5, 0.6) is 0 Å². The molecule has 6 heteroatoms. The number of hydrogen-bond acceptors (Lipinski definition) is 3. The number of nitrogens with two attached hydrogens (primary N) is 1. The van der Waals surface area contributed by atoms with Crippen LogP contribution in [0.25, 0.3) is 0 Å². The largest absolute Gasteiger partial charge is 0.390 e. The molecular weight excluding hydrogens is 243 g/mol. The van der Waals surface area contributed by atoms with Gasteiger partial charge in [-0.15, -0.1) is 0 Å². The highest BCUT2D eigenvalue weighted by Crippen LogP contribution is 2.20. The van der Waals surface area contributed by atoms with Gasteiger partial charge in [0.05, 0.1) is 6.42 Å². The molecule has 0 aliphatic carbocycles. The Morgan fingerprint density at radius 1 is 0.889 bits per heavy atom. The number of rotatable bonds is 6. The van der Waals surface area contributed by atoms with Gasteiger partial charge in [0, 0.05) is 19.6 Å². The molecule has 0 spiro atoms. The highest BCUT2D eigenvalue weighted by atomic mass is 19.4. The first kappa shape index (κ1) is 15.7. The lowest BCUT2D eigenvalue weighted by Crippen LogP contribution is -2.33. The third-order valence-electron chi connectivity index (χ3n) is 3.32. The fourth-order valence-corrected chi connectivity index (χ4v) is 2.24. The number of alkyl halides is 3. The first-order chi connectivity index (χ1) is 8.51. The Hall–Kier alpha value is -0.330. The summed E-state index contributed by atoms with van der Waals surface area (Å²) in [6.45, 7) is 5.27. The molecule has 1 rings (SSSR count). The fourth-order valence-electron chi connectivity index (χ4n) is 2.24. The molecule has 0 atom stereocenters. The average Bonchev–Trinajstić information content (AvgIpc) is 2.51. The molecule has 0 aromatic carbocycles. The fraction of sp³-hybridized carbons (Fsp3) is 1.00. The molecule has 0 unspecified atom stereocenters. The Balaban J connectivity index is 2.19. The van der Waals surface area contributed by atoms with Crippen molar-refractivity contribution in [3.05, 3.63) is 0 Å². The summed E-state index contributed by atoms with van der Waals surface area (Å²) in [4.78, 5) is 4.26. The predicted octanol–water partition coefficient (Wildman–Crippen LogP) is 1.69. The van der Waals surface area contributed by atoms with Gasteiger partial charge >= 0.3 is 6.18 Å². The first-order valence-corrected chi connectivity index (χ1v) is 6.73. The van der Waals surface area contributed by atoms with E-state index in [1.807, 2.05) is 4.90 Å². The van der Waals surface area contributed by atoms with Crippen molar-refractivity contribution in [1.29, 1.82) is 0 Å². The lowest BCUT2D eigenvalue weighted by molar-refractivity contribution is -0.137. The molecule has 1 heterocycles. The smallest absolute Gasteiger partial charge is 0.330 e. The highest BCUT2D eigenvalue weighted by molar-refractivity contribution is 4.70. The van der Waals surface area contributed by atoms with E-state index in [9.17, 15) is 13.2 Å². The van der Waals surface area contributed by atoms with E-state index < -0.39 is 12.6 Å². The summed E-state index contributed by atoms with van der Waals surface area (Å²) >= 11 is 0. The van der Waals surface area contributed by atoms with Gasteiger partial charge in [0.15, 0.2) is 0 Å². The van der Waals surface area contributed by atoms with Gasteiger partial charge in [0.2, 0.25) is 0 Å². The van der Waals surface area contributed by atoms with Crippen LogP contribution in [-0.2, 0) is 0 Å². The summed E-state index contributed by atoms with van der Waals surface area (Å²) in [6, 6.07) is 0. The van der Waals surface area contributed by atoms with Gasteiger partial charge in [-0.05, 0) is 45.4 Å². The van der Waals surface area contributed by atoms with E-state index in [-0.39, 0.29) is 6.54 Å². The standard InChI is InChI=1S/C12H24F3N3/c13-12(14,15)4-9-18-8-3-7-17(10-11-18)6-2-1-5-16/h1-11,16H2. The molecule has 0 saturated carbocycles. The van der Waals surface area contributed by atoms with E-state index in [0.717, 1.165) is 52.0 Å². The van der Waals surface area contributed by atoms with E-state index in [1.165, 1.54) is 0 Å². The zero-order valence-electron chi connectivity index (χ0n) is 10.9. The summed E-state index contributed by atoms with van der Waals surface area (Å²) in [7, 11) is 0. The monoisotopic (exact) mass is 267 g/mol. The molecular formula is C12H24F3N3. The quantitative estimate of drug-likeness (QED) is 0.743. The average molecular weight is 267 g/mol. The van der Waals surface area contributed by atoms with Crippen LogP contribution in [0.15, 0.2) is 0 Å². The molecule has 3 nitrogen and oxygen atoms in total. The second-order valence-electron chi connectivity index (χ2n) is 4.90. The number of nitrogens with zero attached hydrogens (tertiary/aromatic N) is 2. The van der Waals surface area contributed by atoms with Crippen LogP contribution in [0.4, 0.5) is 13.2 Å². The summed E-state index contributed by atoms with van der Waals surface area (Å²) in [6.07, 6.45) is -1.67. The van der Waals surface area contributed by atoms with Crippen LogP contribution in [-0.4, -0.2) is 61.8 Å². The van der Waals surface area contributed by atoms with Crippen LogP contribution >= 0.6 is 0 Å². The van der Waals surface area contributed by atoms with Crippen molar-refractivity contribution in [2.45, 2.75) is 31.9 Å². The van der Waals surface area contributed by atoms with E-state index in [2.05, 4.69) is 4.90 Å². The van der Waals surface area contributed by atoms with Crippen LogP contribution in [0.2, 0.25) is 0 Å². The molecule has 1 fully saturated rings. The predicted molar refractivity (Wildman–Crippen MR) is 66.5 cm³/mol. The molecule has 18 heavy (non-hydrogen) atoms. The molecule has 0 radical (unpaired) electrons. The van der Waals surface area contributed by atoms with E-state index in [0.29, 0.717) is 6.54 Å². The van der Waals surface area contributed by atoms with Crippen molar-refractivity contribution in [3.8, 4) is 0 Å². The van der Waals surface area contributed by atoms with E-state index in [4.69, 9.17) is 5.73 Å². The minimum Gasteiger partial charge on any atom is -0.330 e. The van der Waals surface area contributed by atoms with E-state index in [1.54, 1.807) is 0 Å². The lowest BCUT2D eigenvalue weighted by Gasteiger charge is -2.22. The Morgan fingerprint density at radius 3 is 2.06 bits per heavy atom. The lowest BCUT2D eigenvalue weighted by atomic mass is 10.3. The maximum Gasteiger partial charge on any atom is 0.390 e. The zero-order chi connectivity index (χ0) is 13.4. The molecule has 1 aliphatic rings. The van der Waals surface area contributed by atoms with Crippen molar-refractivity contribution in [2.24, 2.45) is 5.73 Å². The summed E-state index contributed by atoms with van der Waals surface area (Å²) in [5, 5.41) is 0. The topological polar surface area (TPSA) is 32.5 Å². The Morgan fingerprint density at radius 2 is 1.50 bits per heavy atom. The summed E-state index contributed by atoms with van der Waals surface area (Å²) in [5.74, 6) is 0. The van der Waals surface area contributed by atoms with Gasteiger partial charge in [0.1, 0.15) is 0 Å². The molecule has 108 valence electrons. The van der Waals surface area contributed by atoms with Gasteiger partial charge in [-0.3, -0.25) is 0 Å². The second kappa shape index (κ2) is 7.96. The Labute approximate surface area is 107 Å². The van der Waals surface area contributed by atoms with Crippen molar-refractivity contribution < 1.29 is 13.2 Å². The van der Waals surface area contributed by atoms with Crippen molar-refractivity contribution in [2.75, 3.05) is 45.8 Å². The van der Waals surface area contributed by atoms with Crippen molar-refractivity contribution in [1.82, 2.24) is 9.80 Å². The van der Waals surface area contributed by atoms with Crippen molar-refractivity contribution in [3.63, 3.8) is 0 Å². The third kappa shape index (κ3) is 7.18. The molecule has 0 amide bonds. The van der Waals surface area contributed by atoms with Crippen LogP contribution in [0, 0.1) is 0 Å². The minimum atomic E-state index is -4.03. The van der Waals surface area contributed by atoms with Crippen LogP contribution in [0.3, 0.4) is 0 Å². The van der Waals surface area contributed by atoms with Crippen molar-refractivity contribution >= 4 is 0 Å². The molecule has 0 bridgehead atoms. The molecule has 2 N–H and O–H groups in total. The van der Waals surface area contributed by atoms with Gasteiger partial charge in [-0.25, -0.2) is 0 Å². The number of halogens is 3. The van der Waals surface area contributed by atoms with Crippen LogP contribution < -0.4 is 5.73 Å². The number of unbranched alkanes of at least 4 members (excludes halogenated alkanes) is 1. The third-order valence-corrected chi connectivity index (χ3v) is 3.32. The first-order valence-electron chi connectivity index (χ1n) is 6.73. The Bertz CT molecular complexity index is 221. The van der Waals surface area contributed by atoms with Crippen LogP contribution in [0.1, 0.15) is 25.7 Å². The van der Waals surface area contributed by atoms with Gasteiger partial charge in [-0.2, -0.15) is 13.2 Å². The molecule has 1 saturated heterocycles. The SMILES string of the molecule is NCCCCN1CCCN(CCC(F)(F)F)CC1. The maximum atomic E-state index is 12.1. The number of hydrogen-bond donors (Lipinski definition) is 1. The summed E-state index contributed by atoms with van der Waals surface area (Å²) < 4.78 is 36.4. The van der Waals surface area contributed by atoms with Gasteiger partial charge < -0.3 is 15.5 Å². The van der Waals surface area contributed by atoms with Gasteiger partial charge in [0.25, 0.3) is 0 Å². The second-order valence-corrected chi connectivity index (χ2v) is 4.90. The van der Waals surface area contributed by atoms with Gasteiger partial charge in [-0.1, -0.05) is 0 Å². The zero-order valence-corrected chi connectivity index (χ0v) is 10.9. The summed E-state index contributed by atoms with van der Waals surface area (Å²) in [5.41, 5.74) is 5.44. The maximum absolute atomic E-state index is 12.1. The van der Waals surface area contributed by atoms with E-state index >= 15 is 0 Å². The molecule has 1 aliphatic heterocycles. The highest BCUT2D eigenvalue weighted by Gasteiger charge is 2.28. The molecule has 0 aromatic heterocycles.